The second-order valence-electron chi connectivity index (χ2n) is 5.77. The number of rotatable bonds is 8. The molecule has 0 spiro atoms. The van der Waals surface area contributed by atoms with Crippen LogP contribution in [0.4, 0.5) is 5.82 Å². The Morgan fingerprint density at radius 1 is 1.15 bits per heavy atom. The lowest BCUT2D eigenvalue weighted by atomic mass is 10.3. The molecule has 0 fully saturated rings. The van der Waals surface area contributed by atoms with Gasteiger partial charge in [-0.2, -0.15) is 0 Å². The van der Waals surface area contributed by atoms with Crippen molar-refractivity contribution in [1.82, 2.24) is 15.6 Å². The zero-order valence-corrected chi connectivity index (χ0v) is 19.2. The van der Waals surface area contributed by atoms with Crippen LogP contribution in [0.25, 0.3) is 0 Å². The second-order valence-corrected chi connectivity index (χ2v) is 6.77. The first-order chi connectivity index (χ1) is 12.2. The standard InChI is InChI=1S/C19H29N5S.HI/c1-5-20-19(23-14-17-15(4)10-11-25-17)22-13-16-8-9-18(21-12-16)24(6-2)7-3;/h8-12H,5-7,13-14H2,1-4H3,(H2,20,22,23);1H. The van der Waals surface area contributed by atoms with Crippen molar-refractivity contribution in [2.75, 3.05) is 24.5 Å². The van der Waals surface area contributed by atoms with Crippen molar-refractivity contribution < 1.29 is 0 Å². The van der Waals surface area contributed by atoms with Gasteiger partial charge in [0.2, 0.25) is 0 Å². The highest BCUT2D eigenvalue weighted by Crippen LogP contribution is 2.15. The lowest BCUT2D eigenvalue weighted by molar-refractivity contribution is 0.818. The fourth-order valence-corrected chi connectivity index (χ4v) is 3.35. The van der Waals surface area contributed by atoms with Gasteiger partial charge in [0.15, 0.2) is 5.96 Å². The molecule has 0 radical (unpaired) electrons. The molecule has 0 aromatic carbocycles. The van der Waals surface area contributed by atoms with Crippen LogP contribution >= 0.6 is 35.3 Å². The number of aromatic nitrogens is 1. The summed E-state index contributed by atoms with van der Waals surface area (Å²) < 4.78 is 0. The molecule has 5 nitrogen and oxygen atoms in total. The summed E-state index contributed by atoms with van der Waals surface area (Å²) in [6.07, 6.45) is 1.92. The fraction of sp³-hybridized carbons (Fsp3) is 0.474. The molecule has 2 heterocycles. The van der Waals surface area contributed by atoms with Crippen LogP contribution in [0, 0.1) is 6.92 Å². The van der Waals surface area contributed by atoms with Crippen LogP contribution in [0.1, 0.15) is 36.8 Å². The van der Waals surface area contributed by atoms with E-state index in [1.807, 2.05) is 6.20 Å². The number of pyridine rings is 1. The molecule has 144 valence electrons. The number of halogens is 1. The summed E-state index contributed by atoms with van der Waals surface area (Å²) in [6.45, 7) is 12.7. The minimum atomic E-state index is 0. The molecule has 2 N–H and O–H groups in total. The van der Waals surface area contributed by atoms with E-state index in [2.05, 4.69) is 76.8 Å². The summed E-state index contributed by atoms with van der Waals surface area (Å²) >= 11 is 1.77. The van der Waals surface area contributed by atoms with Crippen molar-refractivity contribution in [3.8, 4) is 0 Å². The van der Waals surface area contributed by atoms with E-state index in [1.54, 1.807) is 11.3 Å². The van der Waals surface area contributed by atoms with Crippen LogP contribution in [0.15, 0.2) is 34.8 Å². The number of thiophene rings is 1. The average Bonchev–Trinajstić information content (AvgIpc) is 3.04. The van der Waals surface area contributed by atoms with Gasteiger partial charge in [0, 0.05) is 30.7 Å². The number of anilines is 1. The first kappa shape index (κ1) is 22.7. The van der Waals surface area contributed by atoms with Crippen molar-refractivity contribution in [2.24, 2.45) is 4.99 Å². The van der Waals surface area contributed by atoms with Crippen molar-refractivity contribution in [3.63, 3.8) is 0 Å². The van der Waals surface area contributed by atoms with Crippen LogP contribution < -0.4 is 15.5 Å². The van der Waals surface area contributed by atoms with Crippen molar-refractivity contribution in [1.29, 1.82) is 0 Å². The maximum atomic E-state index is 4.67. The van der Waals surface area contributed by atoms with E-state index in [0.29, 0.717) is 6.54 Å². The maximum Gasteiger partial charge on any atom is 0.191 e. The molecule has 26 heavy (non-hydrogen) atoms. The summed E-state index contributed by atoms with van der Waals surface area (Å²) in [5.74, 6) is 1.86. The topological polar surface area (TPSA) is 52.6 Å². The van der Waals surface area contributed by atoms with E-state index in [0.717, 1.165) is 43.5 Å². The minimum Gasteiger partial charge on any atom is -0.357 e. The Balaban J connectivity index is 0.00000338. The SMILES string of the molecule is CCNC(=NCc1ccc(N(CC)CC)nc1)NCc1sccc1C.I. The van der Waals surface area contributed by atoms with Crippen LogP contribution in [0.5, 0.6) is 0 Å². The van der Waals surface area contributed by atoms with Crippen LogP contribution in [0.2, 0.25) is 0 Å². The molecule has 0 atom stereocenters. The zero-order chi connectivity index (χ0) is 18.1. The van der Waals surface area contributed by atoms with Crippen LogP contribution in [0.3, 0.4) is 0 Å². The number of nitrogens with one attached hydrogen (secondary N) is 2. The van der Waals surface area contributed by atoms with E-state index in [-0.39, 0.29) is 24.0 Å². The summed E-state index contributed by atoms with van der Waals surface area (Å²) in [7, 11) is 0. The summed E-state index contributed by atoms with van der Waals surface area (Å²) in [5, 5.41) is 8.82. The largest absolute Gasteiger partial charge is 0.357 e. The molecule has 2 rings (SSSR count). The third-order valence-corrected chi connectivity index (χ3v) is 5.07. The number of guanidine groups is 1. The van der Waals surface area contributed by atoms with Gasteiger partial charge in [0.05, 0.1) is 13.1 Å². The van der Waals surface area contributed by atoms with Crippen LogP contribution in [-0.4, -0.2) is 30.6 Å². The molecule has 0 amide bonds. The smallest absolute Gasteiger partial charge is 0.191 e. The van der Waals surface area contributed by atoms with Crippen molar-refractivity contribution >= 4 is 47.1 Å². The molecule has 0 aliphatic heterocycles. The highest BCUT2D eigenvalue weighted by Gasteiger charge is 2.04. The Bertz CT molecular complexity index is 665. The first-order valence-corrected chi connectivity index (χ1v) is 9.80. The fourth-order valence-electron chi connectivity index (χ4n) is 2.51. The van der Waals surface area contributed by atoms with Crippen LogP contribution in [-0.2, 0) is 13.1 Å². The van der Waals surface area contributed by atoms with E-state index < -0.39 is 0 Å². The maximum absolute atomic E-state index is 4.67. The Morgan fingerprint density at radius 3 is 2.46 bits per heavy atom. The highest BCUT2D eigenvalue weighted by molar-refractivity contribution is 14.0. The highest BCUT2D eigenvalue weighted by atomic mass is 127. The second kappa shape index (κ2) is 12.1. The third-order valence-electron chi connectivity index (χ3n) is 4.05. The zero-order valence-electron chi connectivity index (χ0n) is 16.1. The summed E-state index contributed by atoms with van der Waals surface area (Å²) in [4.78, 5) is 12.8. The van der Waals surface area contributed by atoms with E-state index in [9.17, 15) is 0 Å². The van der Waals surface area contributed by atoms with Gasteiger partial charge in [-0.25, -0.2) is 9.98 Å². The third kappa shape index (κ3) is 6.75. The number of aliphatic imine (C=N–C) groups is 1. The molecule has 0 unspecified atom stereocenters. The van der Waals surface area contributed by atoms with Gasteiger partial charge in [-0.1, -0.05) is 6.07 Å². The quantitative estimate of drug-likeness (QED) is 0.334. The van der Waals surface area contributed by atoms with Crippen molar-refractivity contribution in [2.45, 2.75) is 40.8 Å². The lowest BCUT2D eigenvalue weighted by Crippen LogP contribution is -2.36. The Hall–Kier alpha value is -1.35. The minimum absolute atomic E-state index is 0. The molecule has 0 aliphatic rings. The summed E-state index contributed by atoms with van der Waals surface area (Å²) in [6, 6.07) is 6.33. The van der Waals surface area contributed by atoms with Gasteiger partial charge in [0.1, 0.15) is 5.82 Å². The molecule has 0 saturated heterocycles. The molecule has 0 saturated carbocycles. The van der Waals surface area contributed by atoms with Gasteiger partial charge in [-0.05, 0) is 56.3 Å². The lowest BCUT2D eigenvalue weighted by Gasteiger charge is -2.19. The molecule has 2 aromatic rings. The number of nitrogens with zero attached hydrogens (tertiary/aromatic N) is 3. The summed E-state index contributed by atoms with van der Waals surface area (Å²) in [5.41, 5.74) is 2.44. The Kier molecular flexibility index (Phi) is 10.6. The normalized spacial score (nSPS) is 11.0. The van der Waals surface area contributed by atoms with Gasteiger partial charge in [0.25, 0.3) is 0 Å². The first-order valence-electron chi connectivity index (χ1n) is 8.92. The average molecular weight is 487 g/mol. The van der Waals surface area contributed by atoms with E-state index in [1.165, 1.54) is 10.4 Å². The predicted molar refractivity (Wildman–Crippen MR) is 124 cm³/mol. The molecular weight excluding hydrogens is 457 g/mol. The monoisotopic (exact) mass is 487 g/mol. The molecular formula is C19H30IN5S. The van der Waals surface area contributed by atoms with Gasteiger partial charge >= 0.3 is 0 Å². The number of hydrogen-bond donors (Lipinski definition) is 2. The number of hydrogen-bond acceptors (Lipinski definition) is 4. The van der Waals surface area contributed by atoms with Gasteiger partial charge in [-0.3, -0.25) is 0 Å². The van der Waals surface area contributed by atoms with Crippen molar-refractivity contribution in [3.05, 3.63) is 45.8 Å². The van der Waals surface area contributed by atoms with Gasteiger partial charge in [-0.15, -0.1) is 35.3 Å². The number of aryl methyl sites for hydroxylation is 1. The Labute approximate surface area is 178 Å². The molecule has 7 heteroatoms. The van der Waals surface area contributed by atoms with Gasteiger partial charge < -0.3 is 15.5 Å². The van der Waals surface area contributed by atoms with E-state index in [4.69, 9.17) is 0 Å². The molecule has 2 aromatic heterocycles. The Morgan fingerprint density at radius 2 is 1.92 bits per heavy atom. The van der Waals surface area contributed by atoms with E-state index >= 15 is 0 Å². The predicted octanol–water partition coefficient (Wildman–Crippen LogP) is 4.17. The molecule has 0 bridgehead atoms. The molecule has 0 aliphatic carbocycles.